The number of nitrogens with zero attached hydrogens (tertiary/aromatic N) is 1. The molecule has 0 saturated heterocycles. The molecular formula is C20H28N4O5. The molecule has 4 N–H and O–H groups in total. The number of aliphatic carboxylic acids is 1. The summed E-state index contributed by atoms with van der Waals surface area (Å²) in [6.07, 6.45) is 0.592. The summed E-state index contributed by atoms with van der Waals surface area (Å²) in [5.74, 6) is -2.60. The Balaban J connectivity index is 2.22. The molecule has 1 aromatic rings. The van der Waals surface area contributed by atoms with E-state index in [9.17, 15) is 24.3 Å². The van der Waals surface area contributed by atoms with Gasteiger partial charge in [-0.3, -0.25) is 14.5 Å². The van der Waals surface area contributed by atoms with Crippen LogP contribution in [0.5, 0.6) is 0 Å². The number of amides is 4. The minimum atomic E-state index is -1.13. The van der Waals surface area contributed by atoms with E-state index in [4.69, 9.17) is 0 Å². The van der Waals surface area contributed by atoms with Gasteiger partial charge in [0.25, 0.3) is 0 Å². The van der Waals surface area contributed by atoms with Crippen LogP contribution in [0.2, 0.25) is 0 Å². The molecule has 1 aliphatic rings. The largest absolute Gasteiger partial charge is 0.480 e. The van der Waals surface area contributed by atoms with Crippen molar-refractivity contribution in [1.29, 1.82) is 0 Å². The zero-order valence-electron chi connectivity index (χ0n) is 17.1. The van der Waals surface area contributed by atoms with Gasteiger partial charge in [-0.1, -0.05) is 46.2 Å². The maximum absolute atomic E-state index is 12.9. The monoisotopic (exact) mass is 404 g/mol. The number of anilines is 2. The topological polar surface area (TPSA) is 128 Å². The van der Waals surface area contributed by atoms with Crippen molar-refractivity contribution in [2.75, 3.05) is 16.8 Å². The average Bonchev–Trinajstić information content (AvgIpc) is 2.67. The van der Waals surface area contributed by atoms with E-state index >= 15 is 0 Å². The zero-order chi connectivity index (χ0) is 21.7. The van der Waals surface area contributed by atoms with Crippen molar-refractivity contribution in [1.82, 2.24) is 10.6 Å². The van der Waals surface area contributed by atoms with Gasteiger partial charge < -0.3 is 21.1 Å². The van der Waals surface area contributed by atoms with Crippen LogP contribution >= 0.6 is 0 Å². The first-order valence-corrected chi connectivity index (χ1v) is 9.65. The Morgan fingerprint density at radius 2 is 1.79 bits per heavy atom. The lowest BCUT2D eigenvalue weighted by atomic mass is 9.97. The van der Waals surface area contributed by atoms with Gasteiger partial charge in [-0.2, -0.15) is 0 Å². The predicted molar refractivity (Wildman–Crippen MR) is 109 cm³/mol. The summed E-state index contributed by atoms with van der Waals surface area (Å²) < 4.78 is 0. The molecular weight excluding hydrogens is 376 g/mol. The number of carbonyl (C=O) groups excluding carboxylic acids is 3. The summed E-state index contributed by atoms with van der Waals surface area (Å²) in [4.78, 5) is 50.4. The van der Waals surface area contributed by atoms with Gasteiger partial charge in [-0.15, -0.1) is 0 Å². The van der Waals surface area contributed by atoms with Gasteiger partial charge in [-0.05, 0) is 24.0 Å². The van der Waals surface area contributed by atoms with Crippen LogP contribution in [0, 0.1) is 11.8 Å². The van der Waals surface area contributed by atoms with E-state index in [1.54, 1.807) is 45.0 Å². The molecule has 2 rings (SSSR count). The molecule has 9 heteroatoms. The van der Waals surface area contributed by atoms with Crippen molar-refractivity contribution in [3.8, 4) is 0 Å². The fraction of sp³-hybridized carbons (Fsp3) is 0.500. The Labute approximate surface area is 169 Å². The molecule has 1 aromatic carbocycles. The first-order chi connectivity index (χ1) is 13.6. The fourth-order valence-electron chi connectivity index (χ4n) is 3.08. The summed E-state index contributed by atoms with van der Waals surface area (Å²) >= 11 is 0. The summed E-state index contributed by atoms with van der Waals surface area (Å²) in [6, 6.07) is 4.28. The molecule has 4 amide bonds. The molecule has 158 valence electrons. The van der Waals surface area contributed by atoms with Gasteiger partial charge in [0.15, 0.2) is 0 Å². The highest BCUT2D eigenvalue weighted by atomic mass is 16.4. The maximum atomic E-state index is 12.9. The van der Waals surface area contributed by atoms with Crippen molar-refractivity contribution < 1.29 is 24.3 Å². The minimum absolute atomic E-state index is 0.179. The lowest BCUT2D eigenvalue weighted by Gasteiger charge is -2.32. The third kappa shape index (κ3) is 5.24. The van der Waals surface area contributed by atoms with Crippen molar-refractivity contribution in [3.63, 3.8) is 0 Å². The molecule has 0 saturated carbocycles. The molecule has 3 atom stereocenters. The Morgan fingerprint density at radius 3 is 2.38 bits per heavy atom. The van der Waals surface area contributed by atoms with Gasteiger partial charge in [0.1, 0.15) is 18.6 Å². The first-order valence-electron chi connectivity index (χ1n) is 9.65. The van der Waals surface area contributed by atoms with Gasteiger partial charge in [0.2, 0.25) is 11.8 Å². The number of nitrogens with one attached hydrogen (secondary N) is 3. The van der Waals surface area contributed by atoms with Gasteiger partial charge in [0, 0.05) is 0 Å². The van der Waals surface area contributed by atoms with E-state index < -0.39 is 30.0 Å². The number of carboxylic acid groups (broad SMARTS) is 1. The predicted octanol–water partition coefficient (Wildman–Crippen LogP) is 1.79. The van der Waals surface area contributed by atoms with Crippen LogP contribution < -0.4 is 20.9 Å². The second-order valence-electron chi connectivity index (χ2n) is 7.53. The summed E-state index contributed by atoms with van der Waals surface area (Å²) in [6.45, 7) is 6.88. The zero-order valence-corrected chi connectivity index (χ0v) is 17.1. The lowest BCUT2D eigenvalue weighted by molar-refractivity contribution is -0.143. The molecule has 0 spiro atoms. The first kappa shape index (κ1) is 22.2. The minimum Gasteiger partial charge on any atom is -0.480 e. The number of carbonyl (C=O) groups is 4. The highest BCUT2D eigenvalue weighted by Gasteiger charge is 2.34. The van der Waals surface area contributed by atoms with E-state index in [1.807, 2.05) is 6.92 Å². The highest BCUT2D eigenvalue weighted by Crippen LogP contribution is 2.29. The Kier molecular flexibility index (Phi) is 7.19. The van der Waals surface area contributed by atoms with Crippen molar-refractivity contribution in [3.05, 3.63) is 24.3 Å². The lowest BCUT2D eigenvalue weighted by Crippen LogP contribution is -2.58. The Hall–Kier alpha value is -3.10. The summed E-state index contributed by atoms with van der Waals surface area (Å²) in [7, 11) is 0. The van der Waals surface area contributed by atoms with Crippen molar-refractivity contribution in [2.45, 2.75) is 46.2 Å². The number of para-hydroxylation sites is 2. The molecule has 29 heavy (non-hydrogen) atoms. The van der Waals surface area contributed by atoms with E-state index in [1.165, 1.54) is 4.90 Å². The van der Waals surface area contributed by atoms with Gasteiger partial charge in [-0.25, -0.2) is 9.59 Å². The van der Waals surface area contributed by atoms with Crippen LogP contribution in [0.4, 0.5) is 16.2 Å². The molecule has 0 aromatic heterocycles. The fourth-order valence-corrected chi connectivity index (χ4v) is 3.08. The van der Waals surface area contributed by atoms with E-state index in [2.05, 4.69) is 16.0 Å². The van der Waals surface area contributed by atoms with Crippen LogP contribution in [-0.2, 0) is 14.4 Å². The maximum Gasteiger partial charge on any atom is 0.326 e. The quantitative estimate of drug-likeness (QED) is 0.551. The van der Waals surface area contributed by atoms with Crippen LogP contribution in [-0.4, -0.2) is 47.5 Å². The Morgan fingerprint density at radius 1 is 1.14 bits per heavy atom. The summed E-state index contributed by atoms with van der Waals surface area (Å²) in [5, 5.41) is 17.2. The van der Waals surface area contributed by atoms with E-state index in [0.717, 1.165) is 0 Å². The van der Waals surface area contributed by atoms with Crippen molar-refractivity contribution in [2.24, 2.45) is 11.8 Å². The second-order valence-corrected chi connectivity index (χ2v) is 7.53. The average molecular weight is 404 g/mol. The standard InChI is InChI=1S/C20H28N4O5/c1-5-12(4)17(18(26)22-16(11(2)3)19(27)28)23-20(29)24-10-15(25)21-13-8-6-7-9-14(13)24/h6-9,11-12,16-17H,5,10H2,1-4H3,(H,21,25)(H,22,26)(H,23,29)(H,27,28)/t12?,16-,17+/m1/s1. The number of carboxylic acids is 1. The van der Waals surface area contributed by atoms with Crippen LogP contribution in [0.25, 0.3) is 0 Å². The number of benzene rings is 1. The van der Waals surface area contributed by atoms with Crippen LogP contribution in [0.1, 0.15) is 34.1 Å². The molecule has 0 radical (unpaired) electrons. The summed E-state index contributed by atoms with van der Waals surface area (Å²) in [5.41, 5.74) is 1.03. The highest BCUT2D eigenvalue weighted by molar-refractivity contribution is 6.10. The second kappa shape index (κ2) is 9.40. The molecule has 0 aliphatic carbocycles. The normalized spacial score (nSPS) is 16.3. The number of rotatable bonds is 7. The van der Waals surface area contributed by atoms with E-state index in [0.29, 0.717) is 17.8 Å². The molecule has 1 aliphatic heterocycles. The molecule has 0 fully saturated rings. The van der Waals surface area contributed by atoms with Crippen LogP contribution in [0.3, 0.4) is 0 Å². The van der Waals surface area contributed by atoms with E-state index in [-0.39, 0.29) is 24.3 Å². The SMILES string of the molecule is CCC(C)[C@H](NC(=O)N1CC(=O)Nc2ccccc21)C(=O)N[C@@H](C(=O)O)C(C)C. The van der Waals surface area contributed by atoms with Crippen molar-refractivity contribution >= 4 is 35.2 Å². The number of hydrogen-bond acceptors (Lipinski definition) is 4. The Bertz CT molecular complexity index is 795. The third-order valence-corrected chi connectivity index (χ3v) is 5.02. The molecule has 0 bridgehead atoms. The molecule has 1 unspecified atom stereocenters. The number of hydrogen-bond donors (Lipinski definition) is 4. The molecule has 1 heterocycles. The smallest absolute Gasteiger partial charge is 0.326 e. The third-order valence-electron chi connectivity index (χ3n) is 5.02. The van der Waals surface area contributed by atoms with Gasteiger partial charge in [0.05, 0.1) is 11.4 Å². The van der Waals surface area contributed by atoms with Crippen LogP contribution in [0.15, 0.2) is 24.3 Å². The molecule has 9 nitrogen and oxygen atoms in total. The number of fused-ring (bicyclic) bond motifs is 1. The number of urea groups is 1. The van der Waals surface area contributed by atoms with Gasteiger partial charge >= 0.3 is 12.0 Å².